The molecule has 0 spiro atoms. The Labute approximate surface area is 174 Å². The highest BCUT2D eigenvalue weighted by Gasteiger charge is 2.59. The summed E-state index contributed by atoms with van der Waals surface area (Å²) < 4.78 is 5.91. The first kappa shape index (κ1) is 19.5. The summed E-state index contributed by atoms with van der Waals surface area (Å²) in [5.41, 5.74) is 1.20. The van der Waals surface area contributed by atoms with Crippen molar-refractivity contribution >= 4 is 11.6 Å². The minimum atomic E-state index is -1.24. The topological polar surface area (TPSA) is 102 Å². The number of nitrogens with one attached hydrogen (secondary N) is 1. The molecule has 3 aliphatic rings. The van der Waals surface area contributed by atoms with Gasteiger partial charge in [0.1, 0.15) is 23.6 Å². The van der Waals surface area contributed by atoms with E-state index in [2.05, 4.69) is 5.32 Å². The van der Waals surface area contributed by atoms with Gasteiger partial charge in [-0.05, 0) is 35.7 Å². The van der Waals surface area contributed by atoms with Crippen molar-refractivity contribution in [3.63, 3.8) is 0 Å². The molecule has 2 aromatic rings. The Kier molecular flexibility index (Phi) is 4.78. The van der Waals surface area contributed by atoms with Gasteiger partial charge in [0.25, 0.3) is 0 Å². The average molecular weight is 410 g/mol. The van der Waals surface area contributed by atoms with Crippen LogP contribution in [0.1, 0.15) is 23.7 Å². The summed E-state index contributed by atoms with van der Waals surface area (Å²) in [5.74, 6) is 0.532. The van der Waals surface area contributed by atoms with Crippen molar-refractivity contribution < 1.29 is 24.9 Å². The van der Waals surface area contributed by atoms with Crippen molar-refractivity contribution in [3.8, 4) is 5.75 Å². The van der Waals surface area contributed by atoms with Gasteiger partial charge in [-0.1, -0.05) is 30.3 Å². The number of β-amino-alcohol motifs (C(OH)–C–C–N with tert-alkyl or cyclic N) is 2. The summed E-state index contributed by atoms with van der Waals surface area (Å²) in [4.78, 5) is 13.5. The minimum Gasteiger partial charge on any atom is -0.488 e. The largest absolute Gasteiger partial charge is 0.488 e. The van der Waals surface area contributed by atoms with E-state index in [-0.39, 0.29) is 18.4 Å². The Morgan fingerprint density at radius 2 is 2.03 bits per heavy atom. The molecule has 30 heavy (non-hydrogen) atoms. The standard InChI is InChI=1S/C23H26N2O5/c26-19(14-6-7-18-15(8-14)9-21(27)24-18)12-25-11-16-10-20(22(28)23(16,29)13-25)30-17-4-2-1-3-5-17/h1-8,16,19-20,22,26,28-29H,9-13H2,(H,24,27)/t16-,19+,20+,22+,23-/m1/s1. The molecule has 0 radical (unpaired) electrons. The van der Waals surface area contributed by atoms with E-state index in [0.29, 0.717) is 31.7 Å². The molecule has 5 atom stereocenters. The predicted octanol–water partition coefficient (Wildman–Crippen LogP) is 1.09. The van der Waals surface area contributed by atoms with E-state index < -0.39 is 23.9 Å². The number of carbonyl (C=O) groups excluding carboxylic acids is 1. The molecule has 1 saturated heterocycles. The van der Waals surface area contributed by atoms with Crippen molar-refractivity contribution in [2.24, 2.45) is 5.92 Å². The van der Waals surface area contributed by atoms with Crippen LogP contribution in [0, 0.1) is 5.92 Å². The van der Waals surface area contributed by atoms with Gasteiger partial charge < -0.3 is 25.4 Å². The third-order valence-electron chi connectivity index (χ3n) is 6.64. The van der Waals surface area contributed by atoms with E-state index in [1.165, 1.54) is 0 Å². The maximum Gasteiger partial charge on any atom is 0.228 e. The number of hydrogen-bond acceptors (Lipinski definition) is 6. The second-order valence-corrected chi connectivity index (χ2v) is 8.69. The first-order chi connectivity index (χ1) is 14.4. The summed E-state index contributed by atoms with van der Waals surface area (Å²) in [6.07, 6.45) is -1.28. The number of likely N-dealkylation sites (tertiary alicyclic amines) is 1. The van der Waals surface area contributed by atoms with Crippen LogP contribution in [0.15, 0.2) is 48.5 Å². The molecule has 1 amide bonds. The number of carbonyl (C=O) groups is 1. The number of rotatable bonds is 5. The van der Waals surface area contributed by atoms with Crippen LogP contribution in [0.25, 0.3) is 0 Å². The lowest BCUT2D eigenvalue weighted by molar-refractivity contribution is -0.115. The van der Waals surface area contributed by atoms with Crippen LogP contribution in [0.5, 0.6) is 5.75 Å². The molecule has 2 heterocycles. The number of hydrogen-bond donors (Lipinski definition) is 4. The highest BCUT2D eigenvalue weighted by Crippen LogP contribution is 2.43. The molecule has 2 aliphatic heterocycles. The first-order valence-corrected chi connectivity index (χ1v) is 10.4. The Morgan fingerprint density at radius 1 is 1.23 bits per heavy atom. The van der Waals surface area contributed by atoms with Gasteiger partial charge in [0.05, 0.1) is 12.5 Å². The van der Waals surface area contributed by atoms with Crippen LogP contribution in [-0.4, -0.2) is 63.6 Å². The van der Waals surface area contributed by atoms with Crippen LogP contribution in [-0.2, 0) is 11.2 Å². The fourth-order valence-electron chi connectivity index (χ4n) is 5.10. The van der Waals surface area contributed by atoms with Crippen molar-refractivity contribution in [1.29, 1.82) is 0 Å². The zero-order valence-electron chi connectivity index (χ0n) is 16.6. The molecule has 2 aromatic carbocycles. The molecule has 158 valence electrons. The first-order valence-electron chi connectivity index (χ1n) is 10.4. The third-order valence-corrected chi connectivity index (χ3v) is 6.64. The van der Waals surface area contributed by atoms with E-state index in [1.807, 2.05) is 53.4 Å². The molecule has 0 unspecified atom stereocenters. The van der Waals surface area contributed by atoms with Gasteiger partial charge in [-0.25, -0.2) is 0 Å². The van der Waals surface area contributed by atoms with Gasteiger partial charge in [0, 0.05) is 31.2 Å². The Balaban J connectivity index is 1.22. The summed E-state index contributed by atoms with van der Waals surface area (Å²) >= 11 is 0. The SMILES string of the molecule is O=C1Cc2cc([C@@H](O)CN3C[C@H]4C[C@H](Oc5ccccc5)[C@H](O)[C@@]4(O)C3)ccc2N1. The van der Waals surface area contributed by atoms with Crippen LogP contribution in [0.3, 0.4) is 0 Å². The highest BCUT2D eigenvalue weighted by molar-refractivity contribution is 5.99. The molecular formula is C23H26N2O5. The fraction of sp³-hybridized carbons (Fsp3) is 0.435. The number of aliphatic hydroxyl groups is 3. The number of fused-ring (bicyclic) bond motifs is 2. The van der Waals surface area contributed by atoms with E-state index in [0.717, 1.165) is 16.8 Å². The molecule has 5 rings (SSSR count). The number of benzene rings is 2. The van der Waals surface area contributed by atoms with E-state index in [1.54, 1.807) is 0 Å². The smallest absolute Gasteiger partial charge is 0.228 e. The van der Waals surface area contributed by atoms with Crippen molar-refractivity contribution in [3.05, 3.63) is 59.7 Å². The molecule has 2 fully saturated rings. The van der Waals surface area contributed by atoms with Gasteiger partial charge in [-0.2, -0.15) is 0 Å². The van der Waals surface area contributed by atoms with Gasteiger partial charge in [0.2, 0.25) is 5.91 Å². The van der Waals surface area contributed by atoms with Crippen LogP contribution < -0.4 is 10.1 Å². The lowest BCUT2D eigenvalue weighted by atomic mass is 9.93. The fourth-order valence-corrected chi connectivity index (χ4v) is 5.10. The summed E-state index contributed by atoms with van der Waals surface area (Å²) in [5, 5.41) is 35.4. The molecule has 0 aromatic heterocycles. The third kappa shape index (κ3) is 3.37. The summed E-state index contributed by atoms with van der Waals surface area (Å²) in [6.45, 7) is 1.23. The monoisotopic (exact) mass is 410 g/mol. The maximum atomic E-state index is 11.5. The molecular weight excluding hydrogens is 384 g/mol. The second kappa shape index (κ2) is 7.35. The Hall–Kier alpha value is -2.45. The summed E-state index contributed by atoms with van der Waals surface area (Å²) in [6, 6.07) is 14.8. The number of anilines is 1. The quantitative estimate of drug-likeness (QED) is 0.589. The van der Waals surface area contributed by atoms with Crippen molar-refractivity contribution in [2.45, 2.75) is 36.8 Å². The Bertz CT molecular complexity index is 952. The van der Waals surface area contributed by atoms with Gasteiger partial charge in [-0.3, -0.25) is 9.69 Å². The molecule has 1 aliphatic carbocycles. The number of amides is 1. The van der Waals surface area contributed by atoms with Crippen LogP contribution in [0.4, 0.5) is 5.69 Å². The molecule has 4 N–H and O–H groups in total. The lowest BCUT2D eigenvalue weighted by Crippen LogP contribution is -2.49. The van der Waals surface area contributed by atoms with Gasteiger partial charge in [0.15, 0.2) is 0 Å². The van der Waals surface area contributed by atoms with Gasteiger partial charge in [-0.15, -0.1) is 0 Å². The second-order valence-electron chi connectivity index (χ2n) is 8.69. The minimum absolute atomic E-state index is 0.0347. The zero-order valence-corrected chi connectivity index (χ0v) is 16.6. The summed E-state index contributed by atoms with van der Waals surface area (Å²) in [7, 11) is 0. The van der Waals surface area contributed by atoms with Crippen LogP contribution in [0.2, 0.25) is 0 Å². The lowest BCUT2D eigenvalue weighted by Gasteiger charge is -2.29. The maximum absolute atomic E-state index is 11.5. The molecule has 0 bridgehead atoms. The normalized spacial score (nSPS) is 31.3. The van der Waals surface area contributed by atoms with Crippen molar-refractivity contribution in [1.82, 2.24) is 4.90 Å². The number of para-hydroxylation sites is 1. The average Bonchev–Trinajstić information content (AvgIpc) is 3.32. The number of ether oxygens (including phenoxy) is 1. The molecule has 1 saturated carbocycles. The number of aliphatic hydroxyl groups excluding tert-OH is 2. The van der Waals surface area contributed by atoms with Crippen LogP contribution >= 0.6 is 0 Å². The zero-order chi connectivity index (χ0) is 20.9. The van der Waals surface area contributed by atoms with E-state index in [9.17, 15) is 20.1 Å². The van der Waals surface area contributed by atoms with E-state index >= 15 is 0 Å². The predicted molar refractivity (Wildman–Crippen MR) is 110 cm³/mol. The molecule has 7 heteroatoms. The Morgan fingerprint density at radius 3 is 2.80 bits per heavy atom. The molecule has 7 nitrogen and oxygen atoms in total. The highest BCUT2D eigenvalue weighted by atomic mass is 16.5. The van der Waals surface area contributed by atoms with E-state index in [4.69, 9.17) is 4.74 Å². The van der Waals surface area contributed by atoms with Crippen molar-refractivity contribution in [2.75, 3.05) is 25.0 Å². The number of nitrogens with zero attached hydrogens (tertiary/aromatic N) is 1. The van der Waals surface area contributed by atoms with Gasteiger partial charge >= 0.3 is 0 Å².